The van der Waals surface area contributed by atoms with Crippen molar-refractivity contribution < 1.29 is 13.2 Å². The minimum atomic E-state index is -2.87. The molecule has 0 spiro atoms. The molecule has 2 saturated heterocycles. The lowest BCUT2D eigenvalue weighted by molar-refractivity contribution is -0.142. The summed E-state index contributed by atoms with van der Waals surface area (Å²) in [4.78, 5) is 16.3. The summed E-state index contributed by atoms with van der Waals surface area (Å²) < 4.78 is 22.8. The van der Waals surface area contributed by atoms with Gasteiger partial charge >= 0.3 is 0 Å². The molecule has 0 N–H and O–H groups in total. The lowest BCUT2D eigenvalue weighted by Gasteiger charge is -2.41. The second-order valence-corrected chi connectivity index (χ2v) is 7.77. The fraction of sp³-hybridized carbons (Fsp3) is 0.917. The Morgan fingerprint density at radius 3 is 2.33 bits per heavy atom. The van der Waals surface area contributed by atoms with Gasteiger partial charge in [-0.2, -0.15) is 0 Å². The lowest BCUT2D eigenvalue weighted by atomic mass is 10.0. The molecule has 0 aliphatic carbocycles. The van der Waals surface area contributed by atoms with Crippen molar-refractivity contribution in [2.75, 3.05) is 31.1 Å². The summed E-state index contributed by atoms with van der Waals surface area (Å²) in [7, 11) is -2.87. The van der Waals surface area contributed by atoms with E-state index in [1.807, 2.05) is 18.7 Å². The quantitative estimate of drug-likeness (QED) is 0.717. The third-order valence-electron chi connectivity index (χ3n) is 3.89. The topological polar surface area (TPSA) is 57.7 Å². The number of amides is 1. The van der Waals surface area contributed by atoms with Crippen molar-refractivity contribution in [2.24, 2.45) is 0 Å². The van der Waals surface area contributed by atoms with E-state index < -0.39 is 9.84 Å². The van der Waals surface area contributed by atoms with Gasteiger partial charge in [0.2, 0.25) is 5.91 Å². The summed E-state index contributed by atoms with van der Waals surface area (Å²) in [6, 6.07) is 0.130. The van der Waals surface area contributed by atoms with E-state index in [9.17, 15) is 13.2 Å². The van der Waals surface area contributed by atoms with Crippen molar-refractivity contribution in [3.05, 3.63) is 0 Å². The number of hydrogen-bond donors (Lipinski definition) is 0. The van der Waals surface area contributed by atoms with Crippen LogP contribution in [-0.4, -0.2) is 67.3 Å². The van der Waals surface area contributed by atoms with Crippen LogP contribution in [0.3, 0.4) is 0 Å². The average molecular weight is 274 g/mol. The molecule has 1 atom stereocenters. The highest BCUT2D eigenvalue weighted by molar-refractivity contribution is 7.91. The molecule has 2 heterocycles. The van der Waals surface area contributed by atoms with E-state index in [0.717, 1.165) is 19.4 Å². The maximum Gasteiger partial charge on any atom is 0.240 e. The van der Waals surface area contributed by atoms with Gasteiger partial charge in [0.1, 0.15) is 0 Å². The molecule has 18 heavy (non-hydrogen) atoms. The predicted octanol–water partition coefficient (Wildman–Crippen LogP) is 0.116. The number of hydrogen-bond acceptors (Lipinski definition) is 4. The van der Waals surface area contributed by atoms with Crippen LogP contribution in [0.25, 0.3) is 0 Å². The van der Waals surface area contributed by atoms with Crippen LogP contribution in [0.1, 0.15) is 26.7 Å². The first-order chi connectivity index (χ1) is 8.41. The summed E-state index contributed by atoms with van der Waals surface area (Å²) in [5, 5.41) is 0. The molecule has 0 aromatic carbocycles. The van der Waals surface area contributed by atoms with Gasteiger partial charge < -0.3 is 4.90 Å². The number of carbonyl (C=O) groups excluding carboxylic acids is 1. The van der Waals surface area contributed by atoms with Gasteiger partial charge in [0.25, 0.3) is 0 Å². The third kappa shape index (κ3) is 2.85. The SMILES string of the molecule is CC(C)N1CCCC(N2CCS(=O)(=O)CC2)C1=O. The fourth-order valence-electron chi connectivity index (χ4n) is 2.77. The molecule has 2 rings (SSSR count). The zero-order valence-electron chi connectivity index (χ0n) is 11.1. The first-order valence-corrected chi connectivity index (χ1v) is 8.48. The number of piperidine rings is 1. The highest BCUT2D eigenvalue weighted by Gasteiger charge is 2.36. The second kappa shape index (κ2) is 5.17. The Morgan fingerprint density at radius 1 is 1.17 bits per heavy atom. The zero-order chi connectivity index (χ0) is 13.3. The van der Waals surface area contributed by atoms with Crippen LogP contribution in [0.4, 0.5) is 0 Å². The van der Waals surface area contributed by atoms with Crippen molar-refractivity contribution in [1.82, 2.24) is 9.80 Å². The average Bonchev–Trinajstić information content (AvgIpc) is 2.29. The number of likely N-dealkylation sites (tertiary alicyclic amines) is 1. The second-order valence-electron chi connectivity index (χ2n) is 5.47. The molecule has 104 valence electrons. The first-order valence-electron chi connectivity index (χ1n) is 6.66. The van der Waals surface area contributed by atoms with E-state index in [1.165, 1.54) is 0 Å². The molecular formula is C12H22N2O3S. The fourth-order valence-corrected chi connectivity index (χ4v) is 4.00. The Morgan fingerprint density at radius 2 is 1.78 bits per heavy atom. The van der Waals surface area contributed by atoms with Gasteiger partial charge in [0.15, 0.2) is 9.84 Å². The molecule has 0 aromatic heterocycles. The molecule has 0 radical (unpaired) electrons. The van der Waals surface area contributed by atoms with Gasteiger partial charge in [-0.25, -0.2) is 8.42 Å². The molecule has 0 bridgehead atoms. The summed E-state index contributed by atoms with van der Waals surface area (Å²) >= 11 is 0. The van der Waals surface area contributed by atoms with E-state index in [2.05, 4.69) is 4.90 Å². The van der Waals surface area contributed by atoms with Crippen molar-refractivity contribution >= 4 is 15.7 Å². The van der Waals surface area contributed by atoms with Crippen molar-refractivity contribution in [1.29, 1.82) is 0 Å². The Balaban J connectivity index is 2.03. The molecule has 1 unspecified atom stereocenters. The van der Waals surface area contributed by atoms with E-state index in [4.69, 9.17) is 0 Å². The molecule has 2 fully saturated rings. The smallest absolute Gasteiger partial charge is 0.240 e. The van der Waals surface area contributed by atoms with Gasteiger partial charge in [-0.15, -0.1) is 0 Å². The molecule has 0 saturated carbocycles. The monoisotopic (exact) mass is 274 g/mol. The summed E-state index contributed by atoms with van der Waals surface area (Å²) in [6.07, 6.45) is 1.87. The highest BCUT2D eigenvalue weighted by Crippen LogP contribution is 2.21. The molecule has 2 aliphatic rings. The summed E-state index contributed by atoms with van der Waals surface area (Å²) in [6.45, 7) is 5.90. The van der Waals surface area contributed by atoms with E-state index >= 15 is 0 Å². The Hall–Kier alpha value is -0.620. The Labute approximate surface area is 109 Å². The van der Waals surface area contributed by atoms with E-state index in [-0.39, 0.29) is 29.5 Å². The molecular weight excluding hydrogens is 252 g/mol. The van der Waals surface area contributed by atoms with Gasteiger partial charge in [-0.05, 0) is 26.7 Å². The third-order valence-corrected chi connectivity index (χ3v) is 5.50. The largest absolute Gasteiger partial charge is 0.339 e. The maximum atomic E-state index is 12.4. The van der Waals surface area contributed by atoms with Crippen LogP contribution >= 0.6 is 0 Å². The summed E-state index contributed by atoms with van der Waals surface area (Å²) in [5.74, 6) is 0.562. The standard InChI is InChI=1S/C12H22N2O3S/c1-10(2)14-5-3-4-11(12(14)15)13-6-8-18(16,17)9-7-13/h10-11H,3-9H2,1-2H3. The van der Waals surface area contributed by atoms with Crippen LogP contribution in [0.2, 0.25) is 0 Å². The Bertz CT molecular complexity index is 405. The van der Waals surface area contributed by atoms with Gasteiger partial charge in [0, 0.05) is 25.7 Å². The lowest BCUT2D eigenvalue weighted by Crippen LogP contribution is -2.57. The normalized spacial score (nSPS) is 29.8. The predicted molar refractivity (Wildman–Crippen MR) is 70.1 cm³/mol. The molecule has 2 aliphatic heterocycles. The Kier molecular flexibility index (Phi) is 3.96. The van der Waals surface area contributed by atoms with Crippen LogP contribution in [0.15, 0.2) is 0 Å². The van der Waals surface area contributed by atoms with Gasteiger partial charge in [-0.3, -0.25) is 9.69 Å². The van der Waals surface area contributed by atoms with Crippen molar-refractivity contribution in [2.45, 2.75) is 38.8 Å². The van der Waals surface area contributed by atoms with Crippen molar-refractivity contribution in [3.63, 3.8) is 0 Å². The van der Waals surface area contributed by atoms with E-state index in [1.54, 1.807) is 0 Å². The molecule has 0 aromatic rings. The zero-order valence-corrected chi connectivity index (χ0v) is 11.9. The van der Waals surface area contributed by atoms with Crippen LogP contribution in [0, 0.1) is 0 Å². The number of nitrogens with zero attached hydrogens (tertiary/aromatic N) is 2. The van der Waals surface area contributed by atoms with Crippen molar-refractivity contribution in [3.8, 4) is 0 Å². The van der Waals surface area contributed by atoms with Crippen LogP contribution in [0.5, 0.6) is 0 Å². The highest BCUT2D eigenvalue weighted by atomic mass is 32.2. The minimum absolute atomic E-state index is 0.100. The summed E-state index contributed by atoms with van der Waals surface area (Å²) in [5.41, 5.74) is 0. The number of carbonyl (C=O) groups is 1. The van der Waals surface area contributed by atoms with Gasteiger partial charge in [0.05, 0.1) is 17.5 Å². The maximum absolute atomic E-state index is 12.4. The van der Waals surface area contributed by atoms with Gasteiger partial charge in [-0.1, -0.05) is 0 Å². The number of rotatable bonds is 2. The molecule has 5 nitrogen and oxygen atoms in total. The van der Waals surface area contributed by atoms with Crippen LogP contribution in [-0.2, 0) is 14.6 Å². The van der Waals surface area contributed by atoms with E-state index in [0.29, 0.717) is 13.1 Å². The minimum Gasteiger partial charge on any atom is -0.339 e. The molecule has 1 amide bonds. The molecule has 6 heteroatoms. The first kappa shape index (κ1) is 13.8. The number of sulfone groups is 1. The van der Waals surface area contributed by atoms with Crippen LogP contribution < -0.4 is 0 Å².